The number of methoxy groups -OCH3 is 2. The van der Waals surface area contributed by atoms with Crippen LogP contribution in [0, 0.1) is 0 Å². The Bertz CT molecular complexity index is 728. The Balaban J connectivity index is 1.67. The number of rotatable bonds is 5. The van der Waals surface area contributed by atoms with Gasteiger partial charge < -0.3 is 20.1 Å². The Labute approximate surface area is 135 Å². The Morgan fingerprint density at radius 1 is 1.13 bits per heavy atom. The average Bonchev–Trinajstić information content (AvgIpc) is 3.06. The molecule has 120 valence electrons. The quantitative estimate of drug-likeness (QED) is 0.891. The number of hydrogen-bond donors (Lipinski definition) is 2. The highest BCUT2D eigenvalue weighted by atomic mass is 16.5. The largest absolute Gasteiger partial charge is 0.493 e. The third-order valence-corrected chi connectivity index (χ3v) is 3.98. The van der Waals surface area contributed by atoms with Crippen LogP contribution in [-0.2, 0) is 13.0 Å². The van der Waals surface area contributed by atoms with Crippen molar-refractivity contribution in [2.45, 2.75) is 13.0 Å². The molecule has 0 spiro atoms. The summed E-state index contributed by atoms with van der Waals surface area (Å²) in [4.78, 5) is 12.3. The van der Waals surface area contributed by atoms with Crippen LogP contribution in [0.5, 0.6) is 11.5 Å². The standard InChI is InChI=1S/C18H20N2O3/c1-22-16-6-3-12(9-17(16)23-2)11-20-18(21)14-4-5-15-13(10-14)7-8-19-15/h3-6,9-10,19H,7-8,11H2,1-2H3,(H,20,21). The van der Waals surface area contributed by atoms with Gasteiger partial charge in [-0.15, -0.1) is 0 Å². The SMILES string of the molecule is COc1ccc(CNC(=O)c2ccc3c(c2)CCN3)cc1OC. The molecule has 1 aliphatic heterocycles. The van der Waals surface area contributed by atoms with E-state index in [1.165, 1.54) is 5.56 Å². The minimum absolute atomic E-state index is 0.0746. The van der Waals surface area contributed by atoms with Gasteiger partial charge in [-0.2, -0.15) is 0 Å². The second-order valence-corrected chi connectivity index (χ2v) is 5.42. The van der Waals surface area contributed by atoms with Gasteiger partial charge >= 0.3 is 0 Å². The van der Waals surface area contributed by atoms with E-state index in [-0.39, 0.29) is 5.91 Å². The minimum Gasteiger partial charge on any atom is -0.493 e. The molecule has 0 aliphatic carbocycles. The highest BCUT2D eigenvalue weighted by Crippen LogP contribution is 2.27. The molecule has 0 unspecified atom stereocenters. The van der Waals surface area contributed by atoms with E-state index in [2.05, 4.69) is 10.6 Å². The molecule has 2 N–H and O–H groups in total. The lowest BCUT2D eigenvalue weighted by molar-refractivity contribution is 0.0951. The van der Waals surface area contributed by atoms with Gasteiger partial charge in [0.2, 0.25) is 0 Å². The molecular formula is C18H20N2O3. The molecular weight excluding hydrogens is 292 g/mol. The molecule has 2 aromatic carbocycles. The molecule has 0 bridgehead atoms. The van der Waals surface area contributed by atoms with Gasteiger partial charge in [-0.1, -0.05) is 6.07 Å². The van der Waals surface area contributed by atoms with Gasteiger partial charge in [0.05, 0.1) is 14.2 Å². The van der Waals surface area contributed by atoms with Crippen molar-refractivity contribution in [3.8, 4) is 11.5 Å². The molecule has 0 aromatic heterocycles. The summed E-state index contributed by atoms with van der Waals surface area (Å²) in [5, 5.41) is 6.23. The van der Waals surface area contributed by atoms with Gasteiger partial charge in [0.15, 0.2) is 11.5 Å². The molecule has 1 aliphatic rings. The van der Waals surface area contributed by atoms with Crippen molar-refractivity contribution in [3.63, 3.8) is 0 Å². The smallest absolute Gasteiger partial charge is 0.251 e. The summed E-state index contributed by atoms with van der Waals surface area (Å²) in [6.45, 7) is 1.38. The van der Waals surface area contributed by atoms with Gasteiger partial charge in [-0.25, -0.2) is 0 Å². The van der Waals surface area contributed by atoms with Crippen LogP contribution < -0.4 is 20.1 Å². The molecule has 1 amide bonds. The molecule has 5 heteroatoms. The Morgan fingerprint density at radius 2 is 1.96 bits per heavy atom. The summed E-state index contributed by atoms with van der Waals surface area (Å²) < 4.78 is 10.5. The molecule has 0 saturated heterocycles. The fraction of sp³-hybridized carbons (Fsp3) is 0.278. The highest BCUT2D eigenvalue weighted by Gasteiger charge is 2.13. The lowest BCUT2D eigenvalue weighted by Crippen LogP contribution is -2.22. The Hall–Kier alpha value is -2.69. The number of amides is 1. The first kappa shape index (κ1) is 15.2. The van der Waals surface area contributed by atoms with Crippen LogP contribution >= 0.6 is 0 Å². The average molecular weight is 312 g/mol. The van der Waals surface area contributed by atoms with Crippen LogP contribution in [0.15, 0.2) is 36.4 Å². The zero-order chi connectivity index (χ0) is 16.2. The number of carbonyl (C=O) groups is 1. The van der Waals surface area contributed by atoms with Crippen molar-refractivity contribution in [2.75, 3.05) is 26.1 Å². The first-order valence-electron chi connectivity index (χ1n) is 7.57. The van der Waals surface area contributed by atoms with Crippen molar-refractivity contribution in [1.29, 1.82) is 0 Å². The summed E-state index contributed by atoms with van der Waals surface area (Å²) in [6.07, 6.45) is 0.964. The van der Waals surface area contributed by atoms with E-state index in [1.807, 2.05) is 36.4 Å². The summed E-state index contributed by atoms with van der Waals surface area (Å²) in [7, 11) is 3.20. The van der Waals surface area contributed by atoms with Crippen molar-refractivity contribution < 1.29 is 14.3 Å². The van der Waals surface area contributed by atoms with E-state index in [4.69, 9.17) is 9.47 Å². The van der Waals surface area contributed by atoms with Crippen LogP contribution in [0.2, 0.25) is 0 Å². The maximum absolute atomic E-state index is 12.3. The number of ether oxygens (including phenoxy) is 2. The lowest BCUT2D eigenvalue weighted by atomic mass is 10.1. The van der Waals surface area contributed by atoms with Crippen LogP contribution in [-0.4, -0.2) is 26.7 Å². The highest BCUT2D eigenvalue weighted by molar-refractivity contribution is 5.95. The normalized spacial score (nSPS) is 12.3. The fourth-order valence-electron chi connectivity index (χ4n) is 2.72. The summed E-state index contributed by atoms with van der Waals surface area (Å²) >= 11 is 0. The molecule has 1 heterocycles. The van der Waals surface area contributed by atoms with Gasteiger partial charge in [-0.05, 0) is 47.9 Å². The molecule has 0 radical (unpaired) electrons. The third-order valence-electron chi connectivity index (χ3n) is 3.98. The first-order valence-corrected chi connectivity index (χ1v) is 7.57. The number of benzene rings is 2. The number of nitrogens with one attached hydrogen (secondary N) is 2. The fourth-order valence-corrected chi connectivity index (χ4v) is 2.72. The molecule has 23 heavy (non-hydrogen) atoms. The van der Waals surface area contributed by atoms with Crippen molar-refractivity contribution in [3.05, 3.63) is 53.1 Å². The van der Waals surface area contributed by atoms with Crippen LogP contribution in [0.1, 0.15) is 21.5 Å². The van der Waals surface area contributed by atoms with Gasteiger partial charge in [0, 0.05) is 24.3 Å². The van der Waals surface area contributed by atoms with E-state index in [1.54, 1.807) is 14.2 Å². The predicted molar refractivity (Wildman–Crippen MR) is 89.4 cm³/mol. The van der Waals surface area contributed by atoms with E-state index >= 15 is 0 Å². The van der Waals surface area contributed by atoms with Crippen molar-refractivity contribution in [1.82, 2.24) is 5.32 Å². The molecule has 3 rings (SSSR count). The molecule has 2 aromatic rings. The minimum atomic E-state index is -0.0746. The van der Waals surface area contributed by atoms with Gasteiger partial charge in [0.1, 0.15) is 0 Å². The van der Waals surface area contributed by atoms with Crippen molar-refractivity contribution >= 4 is 11.6 Å². The molecule has 0 fully saturated rings. The number of fused-ring (bicyclic) bond motifs is 1. The van der Waals surface area contributed by atoms with Crippen LogP contribution in [0.25, 0.3) is 0 Å². The van der Waals surface area contributed by atoms with Crippen molar-refractivity contribution in [2.24, 2.45) is 0 Å². The van der Waals surface area contributed by atoms with Crippen LogP contribution in [0.4, 0.5) is 5.69 Å². The second-order valence-electron chi connectivity index (χ2n) is 5.42. The first-order chi connectivity index (χ1) is 11.2. The number of carbonyl (C=O) groups excluding carboxylic acids is 1. The summed E-state index contributed by atoms with van der Waals surface area (Å²) in [5.41, 5.74) is 3.97. The Morgan fingerprint density at radius 3 is 2.74 bits per heavy atom. The maximum atomic E-state index is 12.3. The summed E-state index contributed by atoms with van der Waals surface area (Å²) in [6, 6.07) is 11.4. The van der Waals surface area contributed by atoms with Gasteiger partial charge in [-0.3, -0.25) is 4.79 Å². The molecule has 0 saturated carbocycles. The molecule has 5 nitrogen and oxygen atoms in total. The zero-order valence-electron chi connectivity index (χ0n) is 13.3. The number of hydrogen-bond acceptors (Lipinski definition) is 4. The predicted octanol–water partition coefficient (Wildman–Crippen LogP) is 2.60. The van der Waals surface area contributed by atoms with E-state index in [0.717, 1.165) is 24.2 Å². The summed E-state index contributed by atoms with van der Waals surface area (Å²) in [5.74, 6) is 1.26. The maximum Gasteiger partial charge on any atom is 0.251 e. The van der Waals surface area contributed by atoms with Crippen LogP contribution in [0.3, 0.4) is 0 Å². The monoisotopic (exact) mass is 312 g/mol. The van der Waals surface area contributed by atoms with Gasteiger partial charge in [0.25, 0.3) is 5.91 Å². The van der Waals surface area contributed by atoms with E-state index in [9.17, 15) is 4.79 Å². The zero-order valence-corrected chi connectivity index (χ0v) is 13.3. The topological polar surface area (TPSA) is 59.6 Å². The molecule has 0 atom stereocenters. The van der Waals surface area contributed by atoms with E-state index < -0.39 is 0 Å². The Kier molecular flexibility index (Phi) is 4.37. The number of anilines is 1. The van der Waals surface area contributed by atoms with E-state index in [0.29, 0.717) is 23.6 Å². The second kappa shape index (κ2) is 6.60. The third kappa shape index (κ3) is 3.23. The lowest BCUT2D eigenvalue weighted by Gasteiger charge is -2.11.